The minimum atomic E-state index is -0.592. The molecule has 1 aromatic rings. The van der Waals surface area contributed by atoms with Gasteiger partial charge in [0.2, 0.25) is 0 Å². The summed E-state index contributed by atoms with van der Waals surface area (Å²) < 4.78 is 33.5. The second-order valence-electron chi connectivity index (χ2n) is 6.41. The molecule has 4 heteroatoms. The molecule has 21 heavy (non-hydrogen) atoms. The molecule has 3 unspecified atom stereocenters. The van der Waals surface area contributed by atoms with E-state index in [1.54, 1.807) is 0 Å². The Morgan fingerprint density at radius 3 is 2.52 bits per heavy atom. The lowest BCUT2D eigenvalue weighted by molar-refractivity contribution is 0.183. The number of hydrogen-bond acceptors (Lipinski definition) is 2. The van der Waals surface area contributed by atoms with E-state index in [4.69, 9.17) is 4.74 Å². The van der Waals surface area contributed by atoms with Gasteiger partial charge in [-0.1, -0.05) is 13.3 Å². The van der Waals surface area contributed by atoms with Crippen molar-refractivity contribution >= 4 is 0 Å². The van der Waals surface area contributed by atoms with Crippen molar-refractivity contribution in [2.75, 3.05) is 13.2 Å². The minimum absolute atomic E-state index is 0.210. The molecule has 0 amide bonds. The van der Waals surface area contributed by atoms with E-state index in [0.29, 0.717) is 30.6 Å². The third kappa shape index (κ3) is 3.20. The quantitative estimate of drug-likeness (QED) is 0.859. The first-order chi connectivity index (χ1) is 10.2. The van der Waals surface area contributed by atoms with Gasteiger partial charge in [-0.15, -0.1) is 0 Å². The van der Waals surface area contributed by atoms with Crippen LogP contribution in [0.2, 0.25) is 0 Å². The molecule has 3 atom stereocenters. The van der Waals surface area contributed by atoms with Crippen molar-refractivity contribution in [1.82, 2.24) is 5.32 Å². The predicted molar refractivity (Wildman–Crippen MR) is 78.2 cm³/mol. The predicted octanol–water partition coefficient (Wildman–Crippen LogP) is 3.89. The normalized spacial score (nSPS) is 27.3. The fourth-order valence-corrected chi connectivity index (χ4v) is 3.89. The smallest absolute Gasteiger partial charge is 0.190 e. The molecule has 0 heterocycles. The van der Waals surface area contributed by atoms with Crippen molar-refractivity contribution in [1.29, 1.82) is 0 Å². The Hall–Kier alpha value is -1.16. The van der Waals surface area contributed by atoms with Crippen molar-refractivity contribution in [3.8, 4) is 5.75 Å². The van der Waals surface area contributed by atoms with Gasteiger partial charge in [-0.3, -0.25) is 0 Å². The zero-order valence-corrected chi connectivity index (χ0v) is 12.5. The van der Waals surface area contributed by atoms with E-state index in [9.17, 15) is 8.78 Å². The van der Waals surface area contributed by atoms with E-state index >= 15 is 0 Å². The van der Waals surface area contributed by atoms with Crippen molar-refractivity contribution in [3.05, 3.63) is 29.3 Å². The van der Waals surface area contributed by atoms with Crippen molar-refractivity contribution < 1.29 is 13.5 Å². The highest BCUT2D eigenvalue weighted by molar-refractivity contribution is 5.31. The van der Waals surface area contributed by atoms with Crippen molar-refractivity contribution in [3.63, 3.8) is 0 Å². The minimum Gasteiger partial charge on any atom is -0.487 e. The number of fused-ring (bicyclic) bond motifs is 2. The molecule has 2 aliphatic rings. The number of benzene rings is 1. The monoisotopic (exact) mass is 295 g/mol. The highest BCUT2D eigenvalue weighted by atomic mass is 19.1. The van der Waals surface area contributed by atoms with Gasteiger partial charge >= 0.3 is 0 Å². The summed E-state index contributed by atoms with van der Waals surface area (Å²) in [6.07, 6.45) is 5.02. The molecule has 2 bridgehead atoms. The average Bonchev–Trinajstić information content (AvgIpc) is 3.06. The molecule has 2 aliphatic carbocycles. The van der Waals surface area contributed by atoms with Crippen LogP contribution in [-0.2, 0) is 6.54 Å². The Kier molecular flexibility index (Phi) is 4.43. The summed E-state index contributed by atoms with van der Waals surface area (Å²) >= 11 is 0. The van der Waals surface area contributed by atoms with E-state index in [0.717, 1.165) is 18.9 Å². The molecule has 0 aliphatic heterocycles. The molecule has 2 nitrogen and oxygen atoms in total. The van der Waals surface area contributed by atoms with Gasteiger partial charge in [0, 0.05) is 6.54 Å². The van der Waals surface area contributed by atoms with Gasteiger partial charge in [-0.05, 0) is 61.3 Å². The van der Waals surface area contributed by atoms with Crippen molar-refractivity contribution in [2.24, 2.45) is 17.8 Å². The summed E-state index contributed by atoms with van der Waals surface area (Å²) in [4.78, 5) is 0. The second-order valence-corrected chi connectivity index (χ2v) is 6.41. The summed E-state index contributed by atoms with van der Waals surface area (Å²) in [5, 5.41) is 3.06. The molecule has 116 valence electrons. The van der Waals surface area contributed by atoms with Crippen LogP contribution < -0.4 is 10.1 Å². The van der Waals surface area contributed by atoms with Crippen LogP contribution in [0.25, 0.3) is 0 Å². The van der Waals surface area contributed by atoms with Crippen LogP contribution in [0.3, 0.4) is 0 Å². The second kappa shape index (κ2) is 6.30. The Morgan fingerprint density at radius 2 is 1.95 bits per heavy atom. The first-order valence-electron chi connectivity index (χ1n) is 7.98. The highest BCUT2D eigenvalue weighted by Crippen LogP contribution is 2.48. The number of ether oxygens (including phenoxy) is 1. The summed E-state index contributed by atoms with van der Waals surface area (Å²) in [6, 6.07) is 2.73. The van der Waals surface area contributed by atoms with E-state index < -0.39 is 11.6 Å². The molecule has 1 aromatic carbocycles. The first-order valence-corrected chi connectivity index (χ1v) is 7.98. The van der Waals surface area contributed by atoms with Crippen LogP contribution in [0.4, 0.5) is 8.78 Å². The topological polar surface area (TPSA) is 21.3 Å². The molecule has 0 saturated heterocycles. The Labute approximate surface area is 124 Å². The van der Waals surface area contributed by atoms with Crippen molar-refractivity contribution in [2.45, 2.75) is 39.2 Å². The molecule has 0 radical (unpaired) electrons. The van der Waals surface area contributed by atoms with Gasteiger partial charge < -0.3 is 10.1 Å². The zero-order chi connectivity index (χ0) is 14.8. The fourth-order valence-electron chi connectivity index (χ4n) is 3.89. The molecular formula is C17H23F2NO. The Morgan fingerprint density at radius 1 is 1.19 bits per heavy atom. The molecule has 1 N–H and O–H groups in total. The fraction of sp³-hybridized carbons (Fsp3) is 0.647. The molecule has 0 spiro atoms. The van der Waals surface area contributed by atoms with Gasteiger partial charge in [0.05, 0.1) is 6.61 Å². The summed E-state index contributed by atoms with van der Waals surface area (Å²) in [5.74, 6) is 0.606. The van der Waals surface area contributed by atoms with E-state index in [1.807, 2.05) is 6.92 Å². The maximum atomic E-state index is 14.0. The van der Waals surface area contributed by atoms with Gasteiger partial charge in [-0.2, -0.15) is 0 Å². The Bertz CT molecular complexity index is 483. The molecule has 2 fully saturated rings. The molecular weight excluding hydrogens is 272 g/mol. The van der Waals surface area contributed by atoms with Gasteiger partial charge in [-0.25, -0.2) is 8.78 Å². The third-order valence-corrected chi connectivity index (χ3v) is 4.96. The van der Waals surface area contributed by atoms with E-state index in [2.05, 4.69) is 5.32 Å². The van der Waals surface area contributed by atoms with Crippen LogP contribution in [0, 0.1) is 29.4 Å². The highest BCUT2D eigenvalue weighted by Gasteiger charge is 2.39. The third-order valence-electron chi connectivity index (χ3n) is 4.96. The van der Waals surface area contributed by atoms with Crippen LogP contribution in [0.15, 0.2) is 12.1 Å². The van der Waals surface area contributed by atoms with Crippen LogP contribution in [-0.4, -0.2) is 13.2 Å². The largest absolute Gasteiger partial charge is 0.487 e. The van der Waals surface area contributed by atoms with Gasteiger partial charge in [0.1, 0.15) is 0 Å². The number of rotatable bonds is 6. The molecule has 3 rings (SSSR count). The average molecular weight is 295 g/mol. The lowest BCUT2D eigenvalue weighted by atomic mass is 9.89. The lowest BCUT2D eigenvalue weighted by Crippen LogP contribution is -2.19. The van der Waals surface area contributed by atoms with Crippen LogP contribution in [0.5, 0.6) is 5.75 Å². The SMILES string of the molecule is CCNCc1cc(F)c(OCC2CC3CCC2C3)c(F)c1. The van der Waals surface area contributed by atoms with Gasteiger partial charge in [0.15, 0.2) is 17.4 Å². The van der Waals surface area contributed by atoms with Gasteiger partial charge in [0.25, 0.3) is 0 Å². The van der Waals surface area contributed by atoms with Crippen LogP contribution in [0.1, 0.15) is 38.2 Å². The molecule has 0 aromatic heterocycles. The standard InChI is InChI=1S/C17H23F2NO/c1-2-20-9-12-7-15(18)17(16(19)8-12)21-10-14-6-11-3-4-13(14)5-11/h7-8,11,13-14,20H,2-6,9-10H2,1H3. The number of nitrogens with one attached hydrogen (secondary N) is 1. The Balaban J connectivity index is 1.62. The number of halogens is 2. The van der Waals surface area contributed by atoms with E-state index in [-0.39, 0.29) is 5.75 Å². The summed E-state index contributed by atoms with van der Waals surface area (Å²) in [7, 11) is 0. The first kappa shape index (κ1) is 14.8. The maximum absolute atomic E-state index is 14.0. The molecule has 2 saturated carbocycles. The lowest BCUT2D eigenvalue weighted by Gasteiger charge is -2.22. The summed E-state index contributed by atoms with van der Waals surface area (Å²) in [5.41, 5.74) is 0.610. The van der Waals surface area contributed by atoms with E-state index in [1.165, 1.54) is 31.4 Å². The summed E-state index contributed by atoms with van der Waals surface area (Å²) in [6.45, 7) is 3.64. The zero-order valence-electron chi connectivity index (χ0n) is 12.5. The number of hydrogen-bond donors (Lipinski definition) is 1. The van der Waals surface area contributed by atoms with Crippen LogP contribution >= 0.6 is 0 Å². The maximum Gasteiger partial charge on any atom is 0.190 e.